The van der Waals surface area contributed by atoms with Crippen LogP contribution in [0.3, 0.4) is 0 Å². The van der Waals surface area contributed by atoms with Crippen molar-refractivity contribution >= 4 is 12.4 Å². The summed E-state index contributed by atoms with van der Waals surface area (Å²) in [5.74, 6) is -1.61. The number of hydrogen-bond donors (Lipinski definition) is 0. The van der Waals surface area contributed by atoms with Crippen molar-refractivity contribution in [1.29, 1.82) is 0 Å². The Morgan fingerprint density at radius 2 is 2.07 bits per heavy atom. The van der Waals surface area contributed by atoms with Crippen molar-refractivity contribution in [2.45, 2.75) is 0 Å². The molecule has 0 aliphatic carbocycles. The number of ether oxygens (including phenoxy) is 1. The van der Waals surface area contributed by atoms with E-state index in [0.29, 0.717) is 6.29 Å². The van der Waals surface area contributed by atoms with Gasteiger partial charge in [-0.1, -0.05) is 0 Å². The standard InChI is InChI=1S/C10H8F2O2/c1-14-9-5-4-8(11)7(10(9)12)3-2-6-13/h2-6H,1H3. The molecule has 2 nitrogen and oxygen atoms in total. The summed E-state index contributed by atoms with van der Waals surface area (Å²) in [4.78, 5) is 9.99. The Bertz CT molecular complexity index is 373. The number of aldehydes is 1. The second kappa shape index (κ2) is 4.50. The summed E-state index contributed by atoms with van der Waals surface area (Å²) in [7, 11) is 1.28. The summed E-state index contributed by atoms with van der Waals surface area (Å²) in [5, 5.41) is 0. The molecular weight excluding hydrogens is 190 g/mol. The predicted octanol–water partition coefficient (Wildman–Crippen LogP) is 2.19. The number of benzene rings is 1. The van der Waals surface area contributed by atoms with Gasteiger partial charge in [0.25, 0.3) is 0 Å². The lowest BCUT2D eigenvalue weighted by Gasteiger charge is -2.04. The molecule has 0 aromatic heterocycles. The molecule has 1 aromatic carbocycles. The van der Waals surface area contributed by atoms with Crippen molar-refractivity contribution < 1.29 is 18.3 Å². The summed E-state index contributed by atoms with van der Waals surface area (Å²) in [6.45, 7) is 0. The minimum atomic E-state index is -0.814. The molecule has 4 heteroatoms. The van der Waals surface area contributed by atoms with Crippen LogP contribution in [-0.2, 0) is 4.79 Å². The molecule has 1 aromatic rings. The first-order valence-corrected chi connectivity index (χ1v) is 3.84. The third kappa shape index (κ3) is 1.96. The van der Waals surface area contributed by atoms with Gasteiger partial charge in [-0.3, -0.25) is 4.79 Å². The van der Waals surface area contributed by atoms with Crippen LogP contribution in [0.15, 0.2) is 18.2 Å². The first kappa shape index (κ1) is 10.4. The van der Waals surface area contributed by atoms with Gasteiger partial charge in [0.1, 0.15) is 12.1 Å². The molecule has 0 N–H and O–H groups in total. The van der Waals surface area contributed by atoms with Crippen molar-refractivity contribution in [3.05, 3.63) is 35.4 Å². The molecule has 0 aliphatic rings. The maximum absolute atomic E-state index is 13.3. The van der Waals surface area contributed by atoms with E-state index in [1.807, 2.05) is 0 Å². The highest BCUT2D eigenvalue weighted by Crippen LogP contribution is 2.23. The zero-order valence-electron chi connectivity index (χ0n) is 7.46. The van der Waals surface area contributed by atoms with Crippen LogP contribution >= 0.6 is 0 Å². The van der Waals surface area contributed by atoms with Crippen molar-refractivity contribution in [3.8, 4) is 5.75 Å². The molecule has 0 heterocycles. The quantitative estimate of drug-likeness (QED) is 0.549. The molecule has 0 amide bonds. The van der Waals surface area contributed by atoms with Crippen molar-refractivity contribution in [1.82, 2.24) is 0 Å². The smallest absolute Gasteiger partial charge is 0.175 e. The van der Waals surface area contributed by atoms with E-state index in [9.17, 15) is 13.6 Å². The summed E-state index contributed by atoms with van der Waals surface area (Å²) in [6.07, 6.45) is 2.51. The first-order chi connectivity index (χ1) is 6.70. The average Bonchev–Trinajstić information content (AvgIpc) is 2.18. The Morgan fingerprint density at radius 1 is 1.36 bits per heavy atom. The van der Waals surface area contributed by atoms with E-state index in [4.69, 9.17) is 0 Å². The minimum absolute atomic E-state index is 0.0584. The fraction of sp³-hybridized carbons (Fsp3) is 0.100. The van der Waals surface area contributed by atoms with E-state index in [1.165, 1.54) is 13.2 Å². The number of carbonyl (C=O) groups excluding carboxylic acids is 1. The summed E-state index contributed by atoms with van der Waals surface area (Å²) >= 11 is 0. The minimum Gasteiger partial charge on any atom is -0.494 e. The van der Waals surface area contributed by atoms with Gasteiger partial charge in [-0.25, -0.2) is 8.78 Å². The van der Waals surface area contributed by atoms with Crippen LogP contribution < -0.4 is 4.74 Å². The molecule has 1 rings (SSSR count). The van der Waals surface area contributed by atoms with E-state index < -0.39 is 11.6 Å². The molecule has 14 heavy (non-hydrogen) atoms. The van der Waals surface area contributed by atoms with Crippen LogP contribution in [0.2, 0.25) is 0 Å². The van der Waals surface area contributed by atoms with Crippen molar-refractivity contribution in [3.63, 3.8) is 0 Å². The molecule has 0 bridgehead atoms. The molecular formula is C10H8F2O2. The molecule has 0 radical (unpaired) electrons. The van der Waals surface area contributed by atoms with Crippen molar-refractivity contribution in [2.24, 2.45) is 0 Å². The molecule has 0 atom stereocenters. The van der Waals surface area contributed by atoms with E-state index in [-0.39, 0.29) is 11.3 Å². The highest BCUT2D eigenvalue weighted by atomic mass is 19.1. The van der Waals surface area contributed by atoms with Crippen molar-refractivity contribution in [2.75, 3.05) is 7.11 Å². The van der Waals surface area contributed by atoms with Gasteiger partial charge in [-0.2, -0.15) is 0 Å². The van der Waals surface area contributed by atoms with Crippen LogP contribution in [-0.4, -0.2) is 13.4 Å². The van der Waals surface area contributed by atoms with E-state index in [0.717, 1.165) is 18.2 Å². The fourth-order valence-electron chi connectivity index (χ4n) is 0.995. The van der Waals surface area contributed by atoms with Gasteiger partial charge < -0.3 is 4.74 Å². The molecule has 0 unspecified atom stereocenters. The number of halogens is 2. The van der Waals surface area contributed by atoms with Gasteiger partial charge in [0.15, 0.2) is 11.6 Å². The van der Waals surface area contributed by atoms with Crippen LogP contribution in [0.5, 0.6) is 5.75 Å². The summed E-state index contributed by atoms with van der Waals surface area (Å²) < 4.78 is 31.0. The molecule has 0 aliphatic heterocycles. The van der Waals surface area contributed by atoms with Gasteiger partial charge in [-0.15, -0.1) is 0 Å². The third-order valence-electron chi connectivity index (χ3n) is 1.65. The maximum atomic E-state index is 13.3. The average molecular weight is 198 g/mol. The Balaban J connectivity index is 3.24. The van der Waals surface area contributed by atoms with Gasteiger partial charge in [0.05, 0.1) is 7.11 Å². The third-order valence-corrected chi connectivity index (χ3v) is 1.65. The zero-order chi connectivity index (χ0) is 10.6. The highest BCUT2D eigenvalue weighted by Gasteiger charge is 2.11. The highest BCUT2D eigenvalue weighted by molar-refractivity contribution is 5.74. The number of carbonyl (C=O) groups is 1. The van der Waals surface area contributed by atoms with Gasteiger partial charge >= 0.3 is 0 Å². The lowest BCUT2D eigenvalue weighted by molar-refractivity contribution is -0.104. The Kier molecular flexibility index (Phi) is 3.34. The normalized spacial score (nSPS) is 10.5. The number of allylic oxidation sites excluding steroid dienone is 1. The largest absolute Gasteiger partial charge is 0.494 e. The number of methoxy groups -OCH3 is 1. The topological polar surface area (TPSA) is 26.3 Å². The number of hydrogen-bond acceptors (Lipinski definition) is 2. The first-order valence-electron chi connectivity index (χ1n) is 3.84. The monoisotopic (exact) mass is 198 g/mol. The molecule has 0 saturated carbocycles. The van der Waals surface area contributed by atoms with E-state index >= 15 is 0 Å². The second-order valence-electron chi connectivity index (χ2n) is 2.47. The lowest BCUT2D eigenvalue weighted by atomic mass is 10.1. The lowest BCUT2D eigenvalue weighted by Crippen LogP contribution is -1.94. The zero-order valence-corrected chi connectivity index (χ0v) is 7.46. The van der Waals surface area contributed by atoms with Gasteiger partial charge in [-0.05, 0) is 24.3 Å². The molecule has 0 fully saturated rings. The molecule has 74 valence electrons. The fourth-order valence-corrected chi connectivity index (χ4v) is 0.995. The Labute approximate surface area is 79.8 Å². The SMILES string of the molecule is COc1ccc(F)c(C=CC=O)c1F. The predicted molar refractivity (Wildman–Crippen MR) is 48.0 cm³/mol. The van der Waals surface area contributed by atoms with Crippen LogP contribution in [0.4, 0.5) is 8.78 Å². The summed E-state index contributed by atoms with van der Waals surface area (Å²) in [5.41, 5.74) is -0.281. The van der Waals surface area contributed by atoms with Crippen LogP contribution in [0.1, 0.15) is 5.56 Å². The van der Waals surface area contributed by atoms with Crippen LogP contribution in [0, 0.1) is 11.6 Å². The van der Waals surface area contributed by atoms with Gasteiger partial charge in [0.2, 0.25) is 0 Å². The van der Waals surface area contributed by atoms with E-state index in [2.05, 4.69) is 4.74 Å². The second-order valence-corrected chi connectivity index (χ2v) is 2.47. The van der Waals surface area contributed by atoms with E-state index in [1.54, 1.807) is 0 Å². The molecule has 0 spiro atoms. The summed E-state index contributed by atoms with van der Waals surface area (Å²) in [6, 6.07) is 2.26. The Morgan fingerprint density at radius 3 is 2.64 bits per heavy atom. The maximum Gasteiger partial charge on any atom is 0.175 e. The van der Waals surface area contributed by atoms with Gasteiger partial charge in [0, 0.05) is 5.56 Å². The Hall–Kier alpha value is -1.71. The molecule has 0 saturated heterocycles. The number of rotatable bonds is 3. The van der Waals surface area contributed by atoms with Crippen LogP contribution in [0.25, 0.3) is 6.08 Å².